The fraction of sp³-hybridized carbons (Fsp3) is 0.267. The van der Waals surface area contributed by atoms with Gasteiger partial charge in [0, 0.05) is 5.56 Å². The number of aryl methyl sites for hydroxylation is 1. The average molecular weight is 361 g/mol. The van der Waals surface area contributed by atoms with Crippen molar-refractivity contribution in [3.05, 3.63) is 39.8 Å². The van der Waals surface area contributed by atoms with E-state index in [-0.39, 0.29) is 22.9 Å². The van der Waals surface area contributed by atoms with Crippen LogP contribution in [0.2, 0.25) is 0 Å². The van der Waals surface area contributed by atoms with Crippen molar-refractivity contribution in [2.24, 2.45) is 0 Å². The Morgan fingerprint density at radius 1 is 1.24 bits per heavy atom. The minimum atomic E-state index is -0.321. The van der Waals surface area contributed by atoms with Crippen LogP contribution < -0.4 is 15.0 Å². The standard InChI is InChI=1S/C15H15N5O4S/c1-8-13(22)16-14-17-18-15(20(14)19-8)25-7-10(21)9-4-5-11(23-2)12(6-9)24-3/h4-6H,7H2,1-3H3,(H,16,17,22). The lowest BCUT2D eigenvalue weighted by molar-refractivity contribution is 0.102. The highest BCUT2D eigenvalue weighted by atomic mass is 32.2. The van der Waals surface area contributed by atoms with Gasteiger partial charge in [0.2, 0.25) is 5.16 Å². The summed E-state index contributed by atoms with van der Waals surface area (Å²) in [5.74, 6) is 1.30. The van der Waals surface area contributed by atoms with E-state index in [9.17, 15) is 9.59 Å². The molecule has 0 radical (unpaired) electrons. The fourth-order valence-corrected chi connectivity index (χ4v) is 2.91. The van der Waals surface area contributed by atoms with E-state index >= 15 is 0 Å². The SMILES string of the molecule is COc1ccc(C(=O)CSc2nnc3[nH]c(=O)c(C)nn23)cc1OC. The minimum absolute atomic E-state index is 0.108. The molecular weight excluding hydrogens is 346 g/mol. The van der Waals surface area contributed by atoms with Crippen LogP contribution in [0.25, 0.3) is 5.78 Å². The number of ketones is 1. The Hall–Kier alpha value is -2.88. The number of methoxy groups -OCH3 is 2. The van der Waals surface area contributed by atoms with Gasteiger partial charge in [-0.25, -0.2) is 0 Å². The molecular formula is C15H15N5O4S. The van der Waals surface area contributed by atoms with Gasteiger partial charge in [-0.2, -0.15) is 9.61 Å². The molecule has 130 valence electrons. The summed E-state index contributed by atoms with van der Waals surface area (Å²) in [6.45, 7) is 1.58. The number of fused-ring (bicyclic) bond motifs is 1. The lowest BCUT2D eigenvalue weighted by atomic mass is 10.1. The Morgan fingerprint density at radius 2 is 2.00 bits per heavy atom. The first-order valence-corrected chi connectivity index (χ1v) is 8.22. The van der Waals surface area contributed by atoms with E-state index in [1.807, 2.05) is 0 Å². The lowest BCUT2D eigenvalue weighted by Crippen LogP contribution is -2.15. The van der Waals surface area contributed by atoms with Gasteiger partial charge in [-0.3, -0.25) is 14.6 Å². The molecule has 0 aliphatic carbocycles. The summed E-state index contributed by atoms with van der Waals surface area (Å²) in [5.41, 5.74) is 0.467. The zero-order chi connectivity index (χ0) is 18.0. The fourth-order valence-electron chi connectivity index (χ4n) is 2.13. The Labute approximate surface area is 146 Å². The van der Waals surface area contributed by atoms with E-state index in [2.05, 4.69) is 20.3 Å². The zero-order valence-electron chi connectivity index (χ0n) is 13.8. The highest BCUT2D eigenvalue weighted by Gasteiger charge is 2.15. The van der Waals surface area contributed by atoms with Crippen molar-refractivity contribution in [2.75, 3.05) is 20.0 Å². The summed E-state index contributed by atoms with van der Waals surface area (Å²) < 4.78 is 11.8. The third-order valence-corrected chi connectivity index (χ3v) is 4.37. The molecule has 2 heterocycles. The number of Topliss-reactive ketones (excluding diaryl/α,β-unsaturated/α-hetero) is 1. The molecule has 0 atom stereocenters. The predicted molar refractivity (Wildman–Crippen MR) is 90.7 cm³/mol. The largest absolute Gasteiger partial charge is 0.493 e. The molecule has 1 aromatic carbocycles. The highest BCUT2D eigenvalue weighted by molar-refractivity contribution is 7.99. The van der Waals surface area contributed by atoms with Crippen LogP contribution in [0.1, 0.15) is 16.1 Å². The number of aromatic amines is 1. The second-order valence-corrected chi connectivity index (χ2v) is 5.98. The van der Waals surface area contributed by atoms with E-state index in [4.69, 9.17) is 9.47 Å². The number of rotatable bonds is 6. The van der Waals surface area contributed by atoms with Crippen LogP contribution >= 0.6 is 11.8 Å². The molecule has 0 saturated carbocycles. The van der Waals surface area contributed by atoms with Crippen molar-refractivity contribution in [1.82, 2.24) is 24.8 Å². The highest BCUT2D eigenvalue weighted by Crippen LogP contribution is 2.28. The summed E-state index contributed by atoms with van der Waals surface area (Å²) in [7, 11) is 3.04. The second-order valence-electron chi connectivity index (χ2n) is 5.04. The number of hydrogen-bond donors (Lipinski definition) is 1. The molecule has 1 N–H and O–H groups in total. The molecule has 10 heteroatoms. The summed E-state index contributed by atoms with van der Waals surface area (Å²) in [6.07, 6.45) is 0. The quantitative estimate of drug-likeness (QED) is 0.513. The predicted octanol–water partition coefficient (Wildman–Crippen LogP) is 1.11. The van der Waals surface area contributed by atoms with Crippen LogP contribution in [-0.4, -0.2) is 50.6 Å². The van der Waals surface area contributed by atoms with Gasteiger partial charge in [-0.1, -0.05) is 11.8 Å². The van der Waals surface area contributed by atoms with Crippen LogP contribution in [-0.2, 0) is 0 Å². The van der Waals surface area contributed by atoms with E-state index in [0.717, 1.165) is 0 Å². The summed E-state index contributed by atoms with van der Waals surface area (Å²) in [4.78, 5) is 26.5. The average Bonchev–Trinajstić information content (AvgIpc) is 3.01. The molecule has 0 bridgehead atoms. The summed E-state index contributed by atoms with van der Waals surface area (Å²) in [5, 5.41) is 12.3. The van der Waals surface area contributed by atoms with Gasteiger partial charge >= 0.3 is 0 Å². The maximum Gasteiger partial charge on any atom is 0.273 e. The van der Waals surface area contributed by atoms with Crippen LogP contribution in [0, 0.1) is 6.92 Å². The molecule has 0 saturated heterocycles. The van der Waals surface area contributed by atoms with Crippen LogP contribution in [0.5, 0.6) is 11.5 Å². The minimum Gasteiger partial charge on any atom is -0.493 e. The number of thioether (sulfide) groups is 1. The number of hydrogen-bond acceptors (Lipinski definition) is 8. The molecule has 25 heavy (non-hydrogen) atoms. The molecule has 0 spiro atoms. The Morgan fingerprint density at radius 3 is 2.72 bits per heavy atom. The second kappa shape index (κ2) is 6.93. The maximum atomic E-state index is 12.4. The number of ether oxygens (including phenoxy) is 2. The Bertz CT molecular complexity index is 997. The van der Waals surface area contributed by atoms with E-state index < -0.39 is 0 Å². The van der Waals surface area contributed by atoms with Crippen LogP contribution in [0.4, 0.5) is 0 Å². The van der Waals surface area contributed by atoms with Gasteiger partial charge < -0.3 is 9.47 Å². The number of benzene rings is 1. The first-order chi connectivity index (χ1) is 12.0. The smallest absolute Gasteiger partial charge is 0.273 e. The lowest BCUT2D eigenvalue weighted by Gasteiger charge is -2.08. The van der Waals surface area contributed by atoms with E-state index in [1.165, 1.54) is 30.5 Å². The van der Waals surface area contributed by atoms with E-state index in [0.29, 0.717) is 27.9 Å². The monoisotopic (exact) mass is 361 g/mol. The number of carbonyl (C=O) groups is 1. The topological polar surface area (TPSA) is 111 Å². The van der Waals surface area contributed by atoms with Crippen molar-refractivity contribution >= 4 is 23.3 Å². The zero-order valence-corrected chi connectivity index (χ0v) is 14.6. The molecule has 0 fully saturated rings. The third-order valence-electron chi connectivity index (χ3n) is 3.45. The maximum absolute atomic E-state index is 12.4. The van der Waals surface area contributed by atoms with Crippen molar-refractivity contribution in [2.45, 2.75) is 12.1 Å². The number of carbonyl (C=O) groups excluding carboxylic acids is 1. The van der Waals surface area contributed by atoms with Crippen molar-refractivity contribution < 1.29 is 14.3 Å². The third kappa shape index (κ3) is 3.33. The first kappa shape index (κ1) is 17.0. The van der Waals surface area contributed by atoms with Crippen LogP contribution in [0.15, 0.2) is 28.2 Å². The molecule has 0 amide bonds. The van der Waals surface area contributed by atoms with Crippen molar-refractivity contribution in [3.63, 3.8) is 0 Å². The van der Waals surface area contributed by atoms with Crippen molar-refractivity contribution in [1.29, 1.82) is 0 Å². The molecule has 0 aliphatic rings. The number of aromatic nitrogens is 5. The van der Waals surface area contributed by atoms with Gasteiger partial charge in [0.15, 0.2) is 17.3 Å². The van der Waals surface area contributed by atoms with Gasteiger partial charge in [0.25, 0.3) is 11.3 Å². The van der Waals surface area contributed by atoms with E-state index in [1.54, 1.807) is 25.1 Å². The summed E-state index contributed by atoms with van der Waals surface area (Å²) in [6, 6.07) is 4.98. The Kier molecular flexibility index (Phi) is 4.70. The number of nitrogens with one attached hydrogen (secondary N) is 1. The van der Waals surface area contributed by atoms with Gasteiger partial charge in [-0.05, 0) is 25.1 Å². The normalized spacial score (nSPS) is 10.8. The van der Waals surface area contributed by atoms with Crippen molar-refractivity contribution in [3.8, 4) is 11.5 Å². The molecule has 0 unspecified atom stereocenters. The van der Waals surface area contributed by atoms with Gasteiger partial charge in [-0.15, -0.1) is 10.2 Å². The first-order valence-electron chi connectivity index (χ1n) is 7.24. The molecule has 2 aromatic heterocycles. The van der Waals surface area contributed by atoms with Gasteiger partial charge in [0.05, 0.1) is 20.0 Å². The molecule has 3 rings (SSSR count). The Balaban J connectivity index is 1.79. The molecule has 3 aromatic rings. The number of H-pyrrole nitrogens is 1. The molecule has 0 aliphatic heterocycles. The van der Waals surface area contributed by atoms with Gasteiger partial charge in [0.1, 0.15) is 5.69 Å². The van der Waals surface area contributed by atoms with Crippen LogP contribution in [0.3, 0.4) is 0 Å². The summed E-state index contributed by atoms with van der Waals surface area (Å²) >= 11 is 1.18. The molecule has 9 nitrogen and oxygen atoms in total. The number of nitrogens with zero attached hydrogens (tertiary/aromatic N) is 4.